The molecule has 5 N–H and O–H groups in total. The summed E-state index contributed by atoms with van der Waals surface area (Å²) in [6.07, 6.45) is 1.09. The molecular weight excluding hydrogens is 648 g/mol. The number of carbonyl (C=O) groups excluding carboxylic acids is 4. The zero-order chi connectivity index (χ0) is 37.1. The van der Waals surface area contributed by atoms with Crippen molar-refractivity contribution in [2.45, 2.75) is 84.7 Å². The Kier molecular flexibility index (Phi) is 13.7. The number of methoxy groups -OCH3 is 1. The fourth-order valence-electron chi connectivity index (χ4n) is 6.47. The predicted octanol–water partition coefficient (Wildman–Crippen LogP) is 3.99. The minimum absolute atomic E-state index is 0.0410. The molecule has 1 aliphatic carbocycles. The van der Waals surface area contributed by atoms with E-state index in [1.54, 1.807) is 11.2 Å². The summed E-state index contributed by atoms with van der Waals surface area (Å²) < 4.78 is 4.77. The number of hydrazine groups is 1. The van der Waals surface area contributed by atoms with Crippen molar-refractivity contribution in [3.05, 3.63) is 90.1 Å². The lowest BCUT2D eigenvalue weighted by atomic mass is 9.58. The number of alkyl carbamates (subject to hydrolysis) is 1. The second-order valence-corrected chi connectivity index (χ2v) is 14.3. The van der Waals surface area contributed by atoms with E-state index in [9.17, 15) is 24.3 Å². The first-order valence-electron chi connectivity index (χ1n) is 17.5. The van der Waals surface area contributed by atoms with Crippen LogP contribution in [0, 0.1) is 17.3 Å². The van der Waals surface area contributed by atoms with E-state index in [1.165, 1.54) is 14.0 Å². The molecule has 4 amide bonds. The quantitative estimate of drug-likeness (QED) is 0.140. The van der Waals surface area contributed by atoms with Gasteiger partial charge >= 0.3 is 6.09 Å². The van der Waals surface area contributed by atoms with E-state index in [0.29, 0.717) is 19.3 Å². The summed E-state index contributed by atoms with van der Waals surface area (Å²) in [6.45, 7) is 9.45. The van der Waals surface area contributed by atoms with Crippen LogP contribution >= 0.6 is 0 Å². The van der Waals surface area contributed by atoms with E-state index in [4.69, 9.17) is 4.74 Å². The molecule has 5 atom stereocenters. The van der Waals surface area contributed by atoms with Gasteiger partial charge in [0.1, 0.15) is 6.04 Å². The number of pyridine rings is 1. The van der Waals surface area contributed by atoms with Gasteiger partial charge in [-0.25, -0.2) is 9.80 Å². The Morgan fingerprint density at radius 3 is 2.24 bits per heavy atom. The van der Waals surface area contributed by atoms with Crippen LogP contribution in [0.25, 0.3) is 11.3 Å². The van der Waals surface area contributed by atoms with Crippen molar-refractivity contribution in [3.8, 4) is 11.3 Å². The van der Waals surface area contributed by atoms with Gasteiger partial charge in [-0.2, -0.15) is 0 Å². The molecule has 4 rings (SSSR count). The Balaban J connectivity index is 1.58. The summed E-state index contributed by atoms with van der Waals surface area (Å²) in [6, 6.07) is 21.3. The maximum absolute atomic E-state index is 13.7. The minimum atomic E-state index is -1.12. The second-order valence-electron chi connectivity index (χ2n) is 14.3. The monoisotopic (exact) mass is 700 g/mol. The standard InChI is InChI=1S/C39H52N6O6/c1-25(2)20-33(43-38(50)51-6)37(49)44-45(23-28-15-17-29(18-16-28)31-14-10-11-19-40-31)24-34(47)32(21-27-12-8-7-9-13-27)42-36(48)30-22-35(39(30,4)5)41-26(3)46/h7-19,25,30,32-35,47H,20-24H2,1-6H3,(H,41,46)(H,42,48)(H,43,50)(H,44,49)/t30-,32+,33+,34+,35-/m1/s1. The number of ether oxygens (including phenoxy) is 1. The number of nitrogens with one attached hydrogen (secondary N) is 4. The molecule has 0 aliphatic heterocycles. The Bertz CT molecular complexity index is 1600. The van der Waals surface area contributed by atoms with E-state index in [2.05, 4.69) is 26.4 Å². The number of aliphatic hydroxyl groups is 1. The van der Waals surface area contributed by atoms with Crippen LogP contribution in [-0.4, -0.2) is 76.8 Å². The molecule has 0 radical (unpaired) electrons. The van der Waals surface area contributed by atoms with Gasteiger partial charge in [-0.1, -0.05) is 88.4 Å². The topological polar surface area (TPSA) is 162 Å². The van der Waals surface area contributed by atoms with Crippen LogP contribution in [0.3, 0.4) is 0 Å². The maximum atomic E-state index is 13.7. The summed E-state index contributed by atoms with van der Waals surface area (Å²) in [5, 5.41) is 22.1. The number of aromatic nitrogens is 1. The fourth-order valence-corrected chi connectivity index (χ4v) is 6.47. The smallest absolute Gasteiger partial charge is 0.407 e. The summed E-state index contributed by atoms with van der Waals surface area (Å²) in [5.41, 5.74) is 5.99. The molecule has 3 aromatic rings. The van der Waals surface area contributed by atoms with E-state index in [1.807, 2.05) is 100 Å². The lowest BCUT2D eigenvalue weighted by Crippen LogP contribution is -2.63. The molecule has 12 heteroatoms. The molecule has 274 valence electrons. The highest BCUT2D eigenvalue weighted by Crippen LogP contribution is 2.46. The third kappa shape index (κ3) is 11.1. The molecule has 1 fully saturated rings. The number of nitrogens with zero attached hydrogens (tertiary/aromatic N) is 2. The van der Waals surface area contributed by atoms with E-state index >= 15 is 0 Å². The van der Waals surface area contributed by atoms with Crippen molar-refractivity contribution in [3.63, 3.8) is 0 Å². The number of hydrogen-bond acceptors (Lipinski definition) is 8. The first kappa shape index (κ1) is 39.0. The summed E-state index contributed by atoms with van der Waals surface area (Å²) >= 11 is 0. The fraction of sp³-hybridized carbons (Fsp3) is 0.462. The highest BCUT2D eigenvalue weighted by Gasteiger charge is 2.52. The van der Waals surface area contributed by atoms with Gasteiger partial charge in [-0.05, 0) is 53.9 Å². The van der Waals surface area contributed by atoms with Crippen LogP contribution in [-0.2, 0) is 32.1 Å². The van der Waals surface area contributed by atoms with Gasteiger partial charge in [0, 0.05) is 43.7 Å². The molecule has 12 nitrogen and oxygen atoms in total. The Hall–Kier alpha value is -4.81. The van der Waals surface area contributed by atoms with Gasteiger partial charge < -0.3 is 25.8 Å². The van der Waals surface area contributed by atoms with E-state index in [-0.39, 0.29) is 42.8 Å². The lowest BCUT2D eigenvalue weighted by molar-refractivity contribution is -0.142. The zero-order valence-electron chi connectivity index (χ0n) is 30.4. The predicted molar refractivity (Wildman–Crippen MR) is 195 cm³/mol. The number of rotatable bonds is 16. The summed E-state index contributed by atoms with van der Waals surface area (Å²) in [4.78, 5) is 55.7. The van der Waals surface area contributed by atoms with E-state index in [0.717, 1.165) is 22.4 Å². The molecule has 1 aromatic heterocycles. The van der Waals surface area contributed by atoms with Crippen LogP contribution in [0.4, 0.5) is 4.79 Å². The normalized spacial score (nSPS) is 18.1. The zero-order valence-corrected chi connectivity index (χ0v) is 30.4. The number of aliphatic hydroxyl groups excluding tert-OH is 1. The maximum Gasteiger partial charge on any atom is 0.407 e. The molecular formula is C39H52N6O6. The number of benzene rings is 2. The summed E-state index contributed by atoms with van der Waals surface area (Å²) in [7, 11) is 1.24. The van der Waals surface area contributed by atoms with Crippen LogP contribution in [0.1, 0.15) is 58.6 Å². The molecule has 0 unspecified atom stereocenters. The third-order valence-corrected chi connectivity index (χ3v) is 9.52. The van der Waals surface area contributed by atoms with Gasteiger partial charge in [0.05, 0.1) is 24.9 Å². The SMILES string of the molecule is COC(=O)N[C@@H](CC(C)C)C(=O)NN(Cc1ccc(-c2ccccn2)cc1)C[C@H](O)[C@H](Cc1ccccc1)NC(=O)[C@H]1C[C@@H](NC(C)=O)C1(C)C. The van der Waals surface area contributed by atoms with Gasteiger partial charge in [-0.15, -0.1) is 0 Å². The number of hydrogen-bond donors (Lipinski definition) is 5. The molecule has 0 spiro atoms. The molecule has 0 bridgehead atoms. The molecule has 1 saturated carbocycles. The summed E-state index contributed by atoms with van der Waals surface area (Å²) in [5.74, 6) is -1.09. The van der Waals surface area contributed by atoms with Crippen molar-refractivity contribution < 1.29 is 29.0 Å². The molecule has 0 saturated heterocycles. The van der Waals surface area contributed by atoms with Crippen LogP contribution < -0.4 is 21.4 Å². The first-order chi connectivity index (χ1) is 24.3. The van der Waals surface area contributed by atoms with Crippen molar-refractivity contribution in [2.24, 2.45) is 17.3 Å². The molecule has 51 heavy (non-hydrogen) atoms. The van der Waals surface area contributed by atoms with Crippen LogP contribution in [0.15, 0.2) is 79.0 Å². The largest absolute Gasteiger partial charge is 0.453 e. The Morgan fingerprint density at radius 1 is 0.961 bits per heavy atom. The highest BCUT2D eigenvalue weighted by atomic mass is 16.5. The third-order valence-electron chi connectivity index (χ3n) is 9.52. The van der Waals surface area contributed by atoms with Crippen LogP contribution in [0.5, 0.6) is 0 Å². The lowest BCUT2D eigenvalue weighted by Gasteiger charge is -2.51. The van der Waals surface area contributed by atoms with Gasteiger partial charge in [-0.3, -0.25) is 24.8 Å². The average molecular weight is 701 g/mol. The van der Waals surface area contributed by atoms with Gasteiger partial charge in [0.15, 0.2) is 0 Å². The number of amides is 4. The number of carbonyl (C=O) groups is 4. The van der Waals surface area contributed by atoms with Gasteiger partial charge in [0.2, 0.25) is 11.8 Å². The second kappa shape index (κ2) is 17.9. The van der Waals surface area contributed by atoms with E-state index < -0.39 is 35.6 Å². The first-order valence-corrected chi connectivity index (χ1v) is 17.5. The Morgan fingerprint density at radius 2 is 1.65 bits per heavy atom. The Labute approximate surface area is 300 Å². The average Bonchev–Trinajstić information content (AvgIpc) is 3.10. The van der Waals surface area contributed by atoms with Crippen molar-refractivity contribution >= 4 is 23.8 Å². The van der Waals surface area contributed by atoms with Crippen molar-refractivity contribution in [2.75, 3.05) is 13.7 Å². The van der Waals surface area contributed by atoms with Crippen LogP contribution in [0.2, 0.25) is 0 Å². The van der Waals surface area contributed by atoms with Gasteiger partial charge in [0.25, 0.3) is 5.91 Å². The highest BCUT2D eigenvalue weighted by molar-refractivity contribution is 5.85. The minimum Gasteiger partial charge on any atom is -0.453 e. The molecule has 2 aromatic carbocycles. The van der Waals surface area contributed by atoms with Crippen molar-refractivity contribution in [1.82, 2.24) is 31.4 Å². The molecule has 1 aliphatic rings. The molecule has 1 heterocycles. The van der Waals surface area contributed by atoms with Crippen molar-refractivity contribution in [1.29, 1.82) is 0 Å².